The highest BCUT2D eigenvalue weighted by Crippen LogP contribution is 2.15. The molecule has 92 valence electrons. The lowest BCUT2D eigenvalue weighted by Crippen LogP contribution is -2.49. The molecule has 3 nitrogen and oxygen atoms in total. The van der Waals surface area contributed by atoms with Gasteiger partial charge < -0.3 is 9.64 Å². The normalized spacial score (nSPS) is 24.7. The number of morpholine rings is 1. The summed E-state index contributed by atoms with van der Waals surface area (Å²) in [4.78, 5) is 14.1. The Morgan fingerprint density at radius 3 is 2.76 bits per heavy atom. The number of nitrogens with zero attached hydrogens (tertiary/aromatic N) is 1. The molecule has 0 radical (unpaired) electrons. The second-order valence-corrected chi connectivity index (χ2v) is 4.61. The Balaban J connectivity index is 2.09. The van der Waals surface area contributed by atoms with E-state index in [1.165, 1.54) is 0 Å². The van der Waals surface area contributed by atoms with Gasteiger partial charge in [-0.3, -0.25) is 4.79 Å². The Bertz CT molecular complexity index is 382. The van der Waals surface area contributed by atoms with Crippen LogP contribution in [-0.4, -0.2) is 42.0 Å². The van der Waals surface area contributed by atoms with Gasteiger partial charge in [0.1, 0.15) is 0 Å². The van der Waals surface area contributed by atoms with Crippen LogP contribution in [0.1, 0.15) is 17.3 Å². The van der Waals surface area contributed by atoms with Crippen LogP contribution in [0.2, 0.25) is 0 Å². The number of alkyl halides is 1. The first-order valence-electron chi connectivity index (χ1n) is 5.76. The van der Waals surface area contributed by atoms with Crippen LogP contribution in [0.3, 0.4) is 0 Å². The van der Waals surface area contributed by atoms with Gasteiger partial charge in [-0.1, -0.05) is 18.2 Å². The molecule has 1 heterocycles. The highest BCUT2D eigenvalue weighted by Gasteiger charge is 2.28. The number of benzene rings is 1. The van der Waals surface area contributed by atoms with Gasteiger partial charge in [0.2, 0.25) is 0 Å². The Morgan fingerprint density at radius 1 is 1.41 bits per heavy atom. The van der Waals surface area contributed by atoms with Gasteiger partial charge in [0, 0.05) is 18.7 Å². The molecule has 0 bridgehead atoms. The molecular weight excluding hydrogens is 238 g/mol. The monoisotopic (exact) mass is 253 g/mol. The highest BCUT2D eigenvalue weighted by molar-refractivity contribution is 6.18. The smallest absolute Gasteiger partial charge is 0.254 e. The van der Waals surface area contributed by atoms with E-state index in [4.69, 9.17) is 16.3 Å². The predicted molar refractivity (Wildman–Crippen MR) is 67.4 cm³/mol. The average Bonchev–Trinajstić information content (AvgIpc) is 2.38. The van der Waals surface area contributed by atoms with Crippen LogP contribution in [0.5, 0.6) is 0 Å². The van der Waals surface area contributed by atoms with E-state index >= 15 is 0 Å². The van der Waals surface area contributed by atoms with Crippen molar-refractivity contribution in [3.63, 3.8) is 0 Å². The zero-order chi connectivity index (χ0) is 12.3. The molecule has 17 heavy (non-hydrogen) atoms. The zero-order valence-electron chi connectivity index (χ0n) is 9.80. The fourth-order valence-electron chi connectivity index (χ4n) is 2.06. The molecule has 4 heteroatoms. The lowest BCUT2D eigenvalue weighted by molar-refractivity contribution is -0.0570. The van der Waals surface area contributed by atoms with Crippen molar-refractivity contribution in [1.82, 2.24) is 4.90 Å². The van der Waals surface area contributed by atoms with Crippen molar-refractivity contribution in [3.05, 3.63) is 35.9 Å². The van der Waals surface area contributed by atoms with Gasteiger partial charge in [-0.05, 0) is 19.1 Å². The number of ether oxygens (including phenoxy) is 1. The van der Waals surface area contributed by atoms with Crippen molar-refractivity contribution in [2.45, 2.75) is 19.1 Å². The molecule has 0 saturated carbocycles. The summed E-state index contributed by atoms with van der Waals surface area (Å²) in [5.74, 6) is 0.471. The predicted octanol–water partition coefficient (Wildman–Crippen LogP) is 2.15. The van der Waals surface area contributed by atoms with E-state index in [1.54, 1.807) is 0 Å². The van der Waals surface area contributed by atoms with Crippen molar-refractivity contribution in [2.24, 2.45) is 0 Å². The van der Waals surface area contributed by atoms with Crippen LogP contribution < -0.4 is 0 Å². The van der Waals surface area contributed by atoms with Crippen molar-refractivity contribution in [3.8, 4) is 0 Å². The van der Waals surface area contributed by atoms with Gasteiger partial charge in [0.15, 0.2) is 0 Å². The second kappa shape index (κ2) is 5.52. The summed E-state index contributed by atoms with van der Waals surface area (Å²) >= 11 is 5.80. The highest BCUT2D eigenvalue weighted by atomic mass is 35.5. The Labute approximate surface area is 106 Å². The number of hydrogen-bond donors (Lipinski definition) is 0. The van der Waals surface area contributed by atoms with Crippen molar-refractivity contribution in [2.75, 3.05) is 19.0 Å². The first-order chi connectivity index (χ1) is 8.20. The summed E-state index contributed by atoms with van der Waals surface area (Å²) in [6.45, 7) is 3.16. The minimum absolute atomic E-state index is 0.0418. The summed E-state index contributed by atoms with van der Waals surface area (Å²) in [5.41, 5.74) is 0.718. The van der Waals surface area contributed by atoms with Gasteiger partial charge in [-0.2, -0.15) is 0 Å². The minimum atomic E-state index is -0.0620. The molecule has 1 amide bonds. The first kappa shape index (κ1) is 12.4. The summed E-state index contributed by atoms with van der Waals surface area (Å²) < 4.78 is 5.63. The minimum Gasteiger partial charge on any atom is -0.370 e. The molecule has 1 aromatic rings. The van der Waals surface area contributed by atoms with E-state index in [0.29, 0.717) is 19.0 Å². The third kappa shape index (κ3) is 2.99. The molecule has 0 aromatic heterocycles. The van der Waals surface area contributed by atoms with E-state index in [1.807, 2.05) is 42.2 Å². The summed E-state index contributed by atoms with van der Waals surface area (Å²) in [5, 5.41) is 0. The van der Waals surface area contributed by atoms with E-state index in [-0.39, 0.29) is 18.1 Å². The standard InChI is InChI=1S/C13H16ClNO2/c1-10-8-15(9-12(7-14)17-10)13(16)11-5-3-2-4-6-11/h2-6,10,12H,7-9H2,1H3. The molecule has 2 rings (SSSR count). The molecule has 0 aliphatic carbocycles. The Morgan fingerprint density at radius 2 is 2.12 bits per heavy atom. The van der Waals surface area contributed by atoms with Crippen LogP contribution in [0.25, 0.3) is 0 Å². The molecule has 0 spiro atoms. The number of carbonyl (C=O) groups is 1. The molecule has 1 aliphatic rings. The molecule has 2 atom stereocenters. The third-order valence-electron chi connectivity index (χ3n) is 2.81. The van der Waals surface area contributed by atoms with Crippen LogP contribution in [-0.2, 0) is 4.74 Å². The van der Waals surface area contributed by atoms with E-state index in [9.17, 15) is 4.79 Å². The fourth-order valence-corrected chi connectivity index (χ4v) is 2.23. The Hall–Kier alpha value is -1.06. The van der Waals surface area contributed by atoms with Crippen molar-refractivity contribution < 1.29 is 9.53 Å². The van der Waals surface area contributed by atoms with Gasteiger partial charge in [-0.15, -0.1) is 11.6 Å². The van der Waals surface area contributed by atoms with Gasteiger partial charge in [0.25, 0.3) is 5.91 Å². The van der Waals surface area contributed by atoms with Crippen molar-refractivity contribution in [1.29, 1.82) is 0 Å². The number of amides is 1. The van der Waals surface area contributed by atoms with E-state index < -0.39 is 0 Å². The third-order valence-corrected chi connectivity index (χ3v) is 3.15. The summed E-state index contributed by atoms with van der Waals surface area (Å²) in [6.07, 6.45) is -0.0201. The van der Waals surface area contributed by atoms with Crippen LogP contribution in [0, 0.1) is 0 Å². The van der Waals surface area contributed by atoms with E-state index in [0.717, 1.165) is 5.56 Å². The lowest BCUT2D eigenvalue weighted by atomic mass is 10.1. The number of halogens is 1. The van der Waals surface area contributed by atoms with Gasteiger partial charge in [0.05, 0.1) is 18.1 Å². The largest absolute Gasteiger partial charge is 0.370 e. The topological polar surface area (TPSA) is 29.5 Å². The van der Waals surface area contributed by atoms with Crippen LogP contribution in [0.15, 0.2) is 30.3 Å². The quantitative estimate of drug-likeness (QED) is 0.756. The summed E-state index contributed by atoms with van der Waals surface area (Å²) in [6, 6.07) is 9.31. The summed E-state index contributed by atoms with van der Waals surface area (Å²) in [7, 11) is 0. The maximum atomic E-state index is 12.2. The SMILES string of the molecule is CC1CN(C(=O)c2ccccc2)CC(CCl)O1. The fraction of sp³-hybridized carbons (Fsp3) is 0.462. The number of rotatable bonds is 2. The molecular formula is C13H16ClNO2. The second-order valence-electron chi connectivity index (χ2n) is 4.30. The first-order valence-corrected chi connectivity index (χ1v) is 6.30. The zero-order valence-corrected chi connectivity index (χ0v) is 10.6. The molecule has 1 saturated heterocycles. The molecule has 1 aromatic carbocycles. The maximum absolute atomic E-state index is 12.2. The van der Waals surface area contributed by atoms with Gasteiger partial charge >= 0.3 is 0 Å². The van der Waals surface area contributed by atoms with E-state index in [2.05, 4.69) is 0 Å². The van der Waals surface area contributed by atoms with Gasteiger partial charge in [-0.25, -0.2) is 0 Å². The number of carbonyl (C=O) groups excluding carboxylic acids is 1. The average molecular weight is 254 g/mol. The molecule has 2 unspecified atom stereocenters. The number of hydrogen-bond acceptors (Lipinski definition) is 2. The van der Waals surface area contributed by atoms with Crippen molar-refractivity contribution >= 4 is 17.5 Å². The maximum Gasteiger partial charge on any atom is 0.254 e. The molecule has 0 N–H and O–H groups in total. The van der Waals surface area contributed by atoms with Crippen LogP contribution in [0.4, 0.5) is 0 Å². The molecule has 1 aliphatic heterocycles. The lowest BCUT2D eigenvalue weighted by Gasteiger charge is -2.36. The van der Waals surface area contributed by atoms with Crippen LogP contribution >= 0.6 is 11.6 Å². The Kier molecular flexibility index (Phi) is 4.02. The molecule has 1 fully saturated rings.